The van der Waals surface area contributed by atoms with Crippen LogP contribution in [0.15, 0.2) is 0 Å². The van der Waals surface area contributed by atoms with Gasteiger partial charge in [0, 0.05) is 58.3 Å². The fourth-order valence-electron chi connectivity index (χ4n) is 9.96. The molecule has 5 aliphatic rings. The van der Waals surface area contributed by atoms with Gasteiger partial charge in [0.2, 0.25) is 0 Å². The zero-order valence-corrected chi connectivity index (χ0v) is 38.5. The summed E-state index contributed by atoms with van der Waals surface area (Å²) in [7, 11) is 0. The van der Waals surface area contributed by atoms with Crippen molar-refractivity contribution in [1.29, 1.82) is 0 Å². The van der Waals surface area contributed by atoms with Crippen LogP contribution < -0.4 is 0 Å². The molecule has 5 rings (SSSR count). The first-order valence-corrected chi connectivity index (χ1v) is 24.3. The predicted octanol–water partition coefficient (Wildman–Crippen LogP) is 9.16. The summed E-state index contributed by atoms with van der Waals surface area (Å²) in [5.41, 5.74) is 0. The van der Waals surface area contributed by atoms with E-state index in [-0.39, 0.29) is 105 Å². The Labute approximate surface area is 362 Å². The molecule has 1 N–H and O–H groups in total. The summed E-state index contributed by atoms with van der Waals surface area (Å²) in [5.74, 6) is -0.294. The molecule has 5 fully saturated rings. The molecular weight excluding hydrogens is 773 g/mol. The van der Waals surface area contributed by atoms with Crippen LogP contribution in [-0.4, -0.2) is 116 Å². The largest absolute Gasteiger partial charge is 0.463 e. The number of rotatable bonds is 23. The second-order valence-corrected chi connectivity index (χ2v) is 18.5. The molecule has 350 valence electrons. The van der Waals surface area contributed by atoms with Crippen molar-refractivity contribution in [1.82, 2.24) is 0 Å². The van der Waals surface area contributed by atoms with E-state index >= 15 is 0 Å². The number of carbonyl (C=O) groups is 1. The van der Waals surface area contributed by atoms with Crippen LogP contribution in [0.2, 0.25) is 0 Å². The molecule has 0 saturated carbocycles. The van der Waals surface area contributed by atoms with Gasteiger partial charge < -0.3 is 57.2 Å². The minimum atomic E-state index is -0.607. The maximum absolute atomic E-state index is 11.5. The highest BCUT2D eigenvalue weighted by atomic mass is 16.7. The van der Waals surface area contributed by atoms with Crippen molar-refractivity contribution in [2.45, 2.75) is 295 Å². The van der Waals surface area contributed by atoms with Gasteiger partial charge in [-0.1, -0.05) is 66.7 Å². The molecule has 17 unspecified atom stereocenters. The minimum absolute atomic E-state index is 0.000330. The van der Waals surface area contributed by atoms with Crippen LogP contribution in [0.3, 0.4) is 0 Å². The highest BCUT2D eigenvalue weighted by Gasteiger charge is 2.41. The van der Waals surface area contributed by atoms with Crippen LogP contribution in [0.4, 0.5) is 0 Å². The van der Waals surface area contributed by atoms with Crippen molar-refractivity contribution >= 4 is 5.97 Å². The van der Waals surface area contributed by atoms with Gasteiger partial charge in [0.1, 0.15) is 6.10 Å². The molecule has 0 aromatic rings. The number of esters is 1. The third-order valence-corrected chi connectivity index (χ3v) is 12.4. The summed E-state index contributed by atoms with van der Waals surface area (Å²) in [6.45, 7) is 16.2. The van der Waals surface area contributed by atoms with Crippen LogP contribution in [0.25, 0.3) is 0 Å². The third kappa shape index (κ3) is 17.2. The molecule has 5 heterocycles. The summed E-state index contributed by atoms with van der Waals surface area (Å²) in [6, 6.07) is 0. The first kappa shape index (κ1) is 50.0. The molecule has 13 nitrogen and oxygen atoms in total. The minimum Gasteiger partial charge on any atom is -0.463 e. The predicted molar refractivity (Wildman–Crippen MR) is 226 cm³/mol. The van der Waals surface area contributed by atoms with Gasteiger partial charge in [-0.05, 0) is 65.2 Å². The van der Waals surface area contributed by atoms with E-state index in [0.717, 1.165) is 103 Å². The van der Waals surface area contributed by atoms with Gasteiger partial charge in [-0.25, -0.2) is 0 Å². The molecule has 5 aliphatic heterocycles. The smallest absolute Gasteiger partial charge is 0.302 e. The SMILES string of the molecule is CCCC1OC(C)CC(CC2CC(CC3CC(CC4CC(CC(O)CC5CC(CC(C)OC(C)=O)OC(CCC)O5)OC(CCC)O4)OC(CCC)O3)OC(CCC)O2)O1. The van der Waals surface area contributed by atoms with Crippen LogP contribution in [0, 0.1) is 0 Å². The number of hydrogen-bond acceptors (Lipinski definition) is 13. The Bertz CT molecular complexity index is 1190. The van der Waals surface area contributed by atoms with E-state index in [1.807, 2.05) is 6.92 Å². The average molecular weight is 857 g/mol. The van der Waals surface area contributed by atoms with Gasteiger partial charge in [0.25, 0.3) is 0 Å². The monoisotopic (exact) mass is 857 g/mol. The van der Waals surface area contributed by atoms with Gasteiger partial charge in [0.05, 0.1) is 67.1 Å². The van der Waals surface area contributed by atoms with Crippen molar-refractivity contribution in [3.8, 4) is 0 Å². The van der Waals surface area contributed by atoms with Gasteiger partial charge >= 0.3 is 5.97 Å². The molecule has 17 atom stereocenters. The summed E-state index contributed by atoms with van der Waals surface area (Å²) in [6.07, 6.45) is 14.5. The lowest BCUT2D eigenvalue weighted by atomic mass is 9.92. The van der Waals surface area contributed by atoms with Crippen molar-refractivity contribution in [2.24, 2.45) is 0 Å². The Kier molecular flexibility index (Phi) is 21.8. The number of aliphatic hydroxyl groups excluding tert-OH is 1. The maximum atomic E-state index is 11.5. The van der Waals surface area contributed by atoms with Crippen molar-refractivity contribution in [3.63, 3.8) is 0 Å². The Morgan fingerprint density at radius 3 is 1.12 bits per heavy atom. The van der Waals surface area contributed by atoms with Crippen molar-refractivity contribution < 1.29 is 62.0 Å². The molecule has 0 amide bonds. The molecule has 0 spiro atoms. The third-order valence-electron chi connectivity index (χ3n) is 12.4. The van der Waals surface area contributed by atoms with E-state index in [1.165, 1.54) is 6.92 Å². The molecule has 0 bridgehead atoms. The van der Waals surface area contributed by atoms with E-state index in [4.69, 9.17) is 52.1 Å². The lowest BCUT2D eigenvalue weighted by Gasteiger charge is -2.43. The van der Waals surface area contributed by atoms with Gasteiger partial charge in [0.15, 0.2) is 31.5 Å². The Morgan fingerprint density at radius 2 is 0.767 bits per heavy atom. The molecule has 13 heteroatoms. The highest BCUT2D eigenvalue weighted by Crippen LogP contribution is 2.36. The second-order valence-electron chi connectivity index (χ2n) is 18.5. The van der Waals surface area contributed by atoms with E-state index in [0.29, 0.717) is 32.1 Å². The zero-order valence-electron chi connectivity index (χ0n) is 38.5. The number of aliphatic hydroxyl groups is 1. The molecule has 60 heavy (non-hydrogen) atoms. The number of ether oxygens (including phenoxy) is 11. The summed E-state index contributed by atoms with van der Waals surface area (Å²) < 4.78 is 69.8. The van der Waals surface area contributed by atoms with E-state index in [1.54, 1.807) is 0 Å². The standard InChI is InChI=1S/C47H84O13/c1-9-14-43-51-31(7)20-35(52-43)24-38-26-40(58-46(56-38)17-12-4)28-42-29-41(59-47(60-42)18-13-5)27-39-25-37(55-45(57-39)16-11-3)22-33(49)21-36-23-34(19-30(6)50-32(8)48)53-44(54-36)15-10-2/h30-31,33-47,49H,9-29H2,1-8H3. The Balaban J connectivity index is 1.17. The summed E-state index contributed by atoms with van der Waals surface area (Å²) in [5, 5.41) is 11.5. The summed E-state index contributed by atoms with van der Waals surface area (Å²) in [4.78, 5) is 11.5. The first-order chi connectivity index (χ1) is 28.9. The molecule has 0 aromatic carbocycles. The maximum Gasteiger partial charge on any atom is 0.302 e. The molecule has 0 aromatic heterocycles. The van der Waals surface area contributed by atoms with Gasteiger partial charge in [-0.2, -0.15) is 0 Å². The Morgan fingerprint density at radius 1 is 0.483 bits per heavy atom. The first-order valence-electron chi connectivity index (χ1n) is 24.3. The van der Waals surface area contributed by atoms with E-state index in [9.17, 15) is 9.90 Å². The van der Waals surface area contributed by atoms with E-state index < -0.39 is 6.10 Å². The van der Waals surface area contributed by atoms with Crippen LogP contribution >= 0.6 is 0 Å². The fourth-order valence-corrected chi connectivity index (χ4v) is 9.96. The summed E-state index contributed by atoms with van der Waals surface area (Å²) >= 11 is 0. The number of hydrogen-bond donors (Lipinski definition) is 1. The lowest BCUT2D eigenvalue weighted by molar-refractivity contribution is -0.290. The zero-order chi connectivity index (χ0) is 43.0. The van der Waals surface area contributed by atoms with E-state index in [2.05, 4.69) is 41.5 Å². The van der Waals surface area contributed by atoms with Crippen molar-refractivity contribution in [2.75, 3.05) is 0 Å². The lowest BCUT2D eigenvalue weighted by Crippen LogP contribution is -2.47. The quantitative estimate of drug-likeness (QED) is 0.0979. The average Bonchev–Trinajstić information content (AvgIpc) is 3.14. The van der Waals surface area contributed by atoms with Crippen LogP contribution in [0.1, 0.15) is 190 Å². The molecular formula is C47H84O13. The highest BCUT2D eigenvalue weighted by molar-refractivity contribution is 5.66. The van der Waals surface area contributed by atoms with Gasteiger partial charge in [-0.3, -0.25) is 4.79 Å². The van der Waals surface area contributed by atoms with Crippen LogP contribution in [-0.2, 0) is 56.9 Å². The van der Waals surface area contributed by atoms with Crippen LogP contribution in [0.5, 0.6) is 0 Å². The molecule has 5 saturated heterocycles. The normalized spacial score (nSPS) is 38.9. The number of carbonyl (C=O) groups excluding carboxylic acids is 1. The topological polar surface area (TPSA) is 139 Å². The molecule has 0 aliphatic carbocycles. The van der Waals surface area contributed by atoms with Gasteiger partial charge in [-0.15, -0.1) is 0 Å². The second kappa shape index (κ2) is 26.1. The van der Waals surface area contributed by atoms with Crippen molar-refractivity contribution in [3.05, 3.63) is 0 Å². The fraction of sp³-hybridized carbons (Fsp3) is 0.979. The Hall–Kier alpha value is -0.970. The molecule has 0 radical (unpaired) electrons.